The summed E-state index contributed by atoms with van der Waals surface area (Å²) in [4.78, 5) is 11.2. The lowest BCUT2D eigenvalue weighted by atomic mass is 10.0. The molecule has 0 radical (unpaired) electrons. The molecule has 2 heterocycles. The summed E-state index contributed by atoms with van der Waals surface area (Å²) in [6, 6.07) is 8.82. The van der Waals surface area contributed by atoms with Crippen LogP contribution in [-0.2, 0) is 0 Å². The second-order valence-electron chi connectivity index (χ2n) is 5.63. The second kappa shape index (κ2) is 6.73. The van der Waals surface area contributed by atoms with Crippen molar-refractivity contribution in [2.45, 2.75) is 38.6 Å². The van der Waals surface area contributed by atoms with Gasteiger partial charge in [-0.15, -0.1) is 0 Å². The van der Waals surface area contributed by atoms with Crippen LogP contribution in [0.2, 0.25) is 0 Å². The molecule has 1 fully saturated rings. The van der Waals surface area contributed by atoms with Crippen LogP contribution in [0.15, 0.2) is 36.5 Å². The average Bonchev–Trinajstić information content (AvgIpc) is 2.55. The van der Waals surface area contributed by atoms with Crippen LogP contribution in [0.1, 0.15) is 32.6 Å². The first-order chi connectivity index (χ1) is 10.8. The maximum absolute atomic E-state index is 13.2. The van der Waals surface area contributed by atoms with Gasteiger partial charge in [0.1, 0.15) is 11.6 Å². The van der Waals surface area contributed by atoms with Gasteiger partial charge >= 0.3 is 0 Å². The summed E-state index contributed by atoms with van der Waals surface area (Å²) in [5.74, 6) is 1.17. The summed E-state index contributed by atoms with van der Waals surface area (Å²) in [6.45, 7) is 3.25. The van der Waals surface area contributed by atoms with E-state index in [1.165, 1.54) is 31.4 Å². The maximum Gasteiger partial charge on any atom is 0.229 e. The van der Waals surface area contributed by atoms with Crippen molar-refractivity contribution < 1.29 is 4.39 Å². The number of anilines is 3. The first kappa shape index (κ1) is 14.8. The molecule has 116 valence electrons. The number of nitrogens with zero attached hydrogens (tertiary/aromatic N) is 3. The van der Waals surface area contributed by atoms with Gasteiger partial charge in [-0.3, -0.25) is 0 Å². The van der Waals surface area contributed by atoms with E-state index < -0.39 is 0 Å². The molecule has 0 saturated carbocycles. The van der Waals surface area contributed by atoms with Crippen LogP contribution in [-0.4, -0.2) is 22.6 Å². The molecule has 4 nitrogen and oxygen atoms in total. The first-order valence-corrected chi connectivity index (χ1v) is 7.88. The molecule has 22 heavy (non-hydrogen) atoms. The average molecular weight is 300 g/mol. The number of piperidine rings is 1. The van der Waals surface area contributed by atoms with E-state index in [0.717, 1.165) is 18.8 Å². The molecule has 1 aliphatic rings. The predicted octanol–water partition coefficient (Wildman–Crippen LogP) is 4.13. The Labute approximate surface area is 130 Å². The Hall–Kier alpha value is -2.17. The number of nitrogens with one attached hydrogen (secondary N) is 1. The highest BCUT2D eigenvalue weighted by atomic mass is 19.1. The van der Waals surface area contributed by atoms with Gasteiger partial charge in [0.05, 0.1) is 0 Å². The van der Waals surface area contributed by atoms with Crippen LogP contribution in [0.5, 0.6) is 0 Å². The van der Waals surface area contributed by atoms with Gasteiger partial charge in [-0.1, -0.05) is 13.0 Å². The molecular formula is C17H21FN4. The summed E-state index contributed by atoms with van der Waals surface area (Å²) in [5, 5.41) is 3.07. The molecule has 0 amide bonds. The van der Waals surface area contributed by atoms with Crippen LogP contribution in [0.3, 0.4) is 0 Å². The summed E-state index contributed by atoms with van der Waals surface area (Å²) >= 11 is 0. The van der Waals surface area contributed by atoms with Gasteiger partial charge in [-0.2, -0.15) is 4.98 Å². The molecule has 5 heteroatoms. The highest BCUT2D eigenvalue weighted by Crippen LogP contribution is 2.25. The Kier molecular flexibility index (Phi) is 4.51. The van der Waals surface area contributed by atoms with Crippen LogP contribution in [0, 0.1) is 5.82 Å². The van der Waals surface area contributed by atoms with Crippen molar-refractivity contribution in [3.8, 4) is 0 Å². The van der Waals surface area contributed by atoms with E-state index in [1.54, 1.807) is 18.3 Å². The Morgan fingerprint density at radius 1 is 1.32 bits per heavy atom. The molecule has 2 aromatic rings. The molecule has 1 atom stereocenters. The summed E-state index contributed by atoms with van der Waals surface area (Å²) in [6.07, 6.45) is 6.58. The van der Waals surface area contributed by atoms with Crippen molar-refractivity contribution in [2.75, 3.05) is 16.8 Å². The number of hydrogen-bond donors (Lipinski definition) is 1. The number of hydrogen-bond acceptors (Lipinski definition) is 4. The third-order valence-corrected chi connectivity index (χ3v) is 4.11. The lowest BCUT2D eigenvalue weighted by molar-refractivity contribution is 0.447. The molecule has 1 saturated heterocycles. The zero-order chi connectivity index (χ0) is 15.4. The van der Waals surface area contributed by atoms with Crippen LogP contribution in [0.4, 0.5) is 21.8 Å². The molecule has 0 bridgehead atoms. The highest BCUT2D eigenvalue weighted by molar-refractivity contribution is 5.55. The van der Waals surface area contributed by atoms with Gasteiger partial charge in [0.15, 0.2) is 0 Å². The van der Waals surface area contributed by atoms with E-state index in [0.29, 0.717) is 17.7 Å². The zero-order valence-electron chi connectivity index (χ0n) is 12.8. The summed E-state index contributed by atoms with van der Waals surface area (Å²) in [5.41, 5.74) is 0.655. The van der Waals surface area contributed by atoms with Crippen molar-refractivity contribution in [2.24, 2.45) is 0 Å². The van der Waals surface area contributed by atoms with Crippen molar-refractivity contribution in [3.05, 3.63) is 42.3 Å². The van der Waals surface area contributed by atoms with Crippen molar-refractivity contribution in [3.63, 3.8) is 0 Å². The Morgan fingerprint density at radius 2 is 2.23 bits per heavy atom. The molecule has 1 aromatic carbocycles. The Morgan fingerprint density at radius 3 is 3.05 bits per heavy atom. The minimum absolute atomic E-state index is 0.275. The van der Waals surface area contributed by atoms with Gasteiger partial charge in [0, 0.05) is 24.5 Å². The number of benzene rings is 1. The van der Waals surface area contributed by atoms with E-state index in [1.807, 2.05) is 6.07 Å². The fourth-order valence-corrected chi connectivity index (χ4v) is 2.99. The lowest BCUT2D eigenvalue weighted by Crippen LogP contribution is -2.39. The summed E-state index contributed by atoms with van der Waals surface area (Å²) in [7, 11) is 0. The second-order valence-corrected chi connectivity index (χ2v) is 5.63. The molecule has 1 unspecified atom stereocenters. The van der Waals surface area contributed by atoms with E-state index in [4.69, 9.17) is 0 Å². The molecule has 3 rings (SSSR count). The number of halogens is 1. The molecule has 1 aliphatic heterocycles. The summed E-state index contributed by atoms with van der Waals surface area (Å²) < 4.78 is 13.2. The maximum atomic E-state index is 13.2. The fourth-order valence-electron chi connectivity index (χ4n) is 2.99. The Balaban J connectivity index is 1.80. The third-order valence-electron chi connectivity index (χ3n) is 4.11. The third kappa shape index (κ3) is 3.35. The number of rotatable bonds is 4. The molecule has 0 aliphatic carbocycles. The lowest BCUT2D eigenvalue weighted by Gasteiger charge is -2.36. The van der Waals surface area contributed by atoms with Crippen molar-refractivity contribution in [1.29, 1.82) is 0 Å². The van der Waals surface area contributed by atoms with Crippen molar-refractivity contribution in [1.82, 2.24) is 9.97 Å². The van der Waals surface area contributed by atoms with E-state index in [9.17, 15) is 4.39 Å². The molecule has 1 N–H and O–H groups in total. The fraction of sp³-hybridized carbons (Fsp3) is 0.412. The first-order valence-electron chi connectivity index (χ1n) is 7.88. The van der Waals surface area contributed by atoms with Crippen molar-refractivity contribution >= 4 is 17.5 Å². The van der Waals surface area contributed by atoms with Gasteiger partial charge in [-0.25, -0.2) is 9.37 Å². The van der Waals surface area contributed by atoms with Crippen LogP contribution in [0.25, 0.3) is 0 Å². The smallest absolute Gasteiger partial charge is 0.229 e. The molecule has 0 spiro atoms. The highest BCUT2D eigenvalue weighted by Gasteiger charge is 2.22. The van der Waals surface area contributed by atoms with E-state index in [2.05, 4.69) is 27.1 Å². The van der Waals surface area contributed by atoms with Gasteiger partial charge in [0.2, 0.25) is 5.95 Å². The van der Waals surface area contributed by atoms with E-state index >= 15 is 0 Å². The topological polar surface area (TPSA) is 41.1 Å². The quantitative estimate of drug-likeness (QED) is 0.922. The van der Waals surface area contributed by atoms with Crippen LogP contribution >= 0.6 is 0 Å². The number of aromatic nitrogens is 2. The van der Waals surface area contributed by atoms with Gasteiger partial charge in [0.25, 0.3) is 0 Å². The van der Waals surface area contributed by atoms with E-state index in [-0.39, 0.29) is 5.82 Å². The van der Waals surface area contributed by atoms with Gasteiger partial charge < -0.3 is 10.2 Å². The minimum Gasteiger partial charge on any atom is -0.353 e. The molecular weight excluding hydrogens is 279 g/mol. The standard InChI is InChI=1S/C17H21FN4/c1-2-15-8-3-4-11-22(15)16-9-10-19-17(21-16)20-14-7-5-6-13(18)12-14/h5-7,9-10,12,15H,2-4,8,11H2,1H3,(H,19,20,21). The minimum atomic E-state index is -0.275. The SMILES string of the molecule is CCC1CCCCN1c1ccnc(Nc2cccc(F)c2)n1. The predicted molar refractivity (Wildman–Crippen MR) is 87.0 cm³/mol. The van der Waals surface area contributed by atoms with Gasteiger partial charge in [-0.05, 0) is 49.9 Å². The molecule has 1 aromatic heterocycles. The normalized spacial score (nSPS) is 18.3. The zero-order valence-corrected chi connectivity index (χ0v) is 12.8. The van der Waals surface area contributed by atoms with Crippen LogP contribution < -0.4 is 10.2 Å². The monoisotopic (exact) mass is 300 g/mol. The largest absolute Gasteiger partial charge is 0.353 e. The Bertz CT molecular complexity index is 632.